The van der Waals surface area contributed by atoms with Crippen LogP contribution >= 0.6 is 0 Å². The third-order valence-electron chi connectivity index (χ3n) is 4.69. The number of carbonyl (C=O) groups excluding carboxylic acids is 2. The quantitative estimate of drug-likeness (QED) is 0.484. The van der Waals surface area contributed by atoms with E-state index in [4.69, 9.17) is 0 Å². The fourth-order valence-corrected chi connectivity index (χ4v) is 3.33. The van der Waals surface area contributed by atoms with E-state index in [0.717, 1.165) is 25.7 Å². The maximum Gasteiger partial charge on any atom is 0.325 e. The van der Waals surface area contributed by atoms with Gasteiger partial charge in [-0.2, -0.15) is 0 Å². The van der Waals surface area contributed by atoms with Gasteiger partial charge in [0.05, 0.1) is 0 Å². The van der Waals surface area contributed by atoms with Crippen molar-refractivity contribution in [1.29, 1.82) is 0 Å². The molecule has 21 heavy (non-hydrogen) atoms. The average molecular weight is 296 g/mol. The van der Waals surface area contributed by atoms with Gasteiger partial charge in [0.25, 0.3) is 5.91 Å². The van der Waals surface area contributed by atoms with Crippen molar-refractivity contribution in [2.45, 2.75) is 97.1 Å². The molecule has 1 aliphatic rings. The molecule has 0 aliphatic carbocycles. The highest BCUT2D eigenvalue weighted by Crippen LogP contribution is 2.32. The fourth-order valence-electron chi connectivity index (χ4n) is 3.33. The van der Waals surface area contributed by atoms with Crippen molar-refractivity contribution in [2.75, 3.05) is 0 Å². The average Bonchev–Trinajstić information content (AvgIpc) is 2.69. The molecule has 1 rings (SSSR count). The number of nitrogens with zero attached hydrogens (tertiary/aromatic N) is 1. The number of nitrogens with one attached hydrogen (secondary N) is 1. The Morgan fingerprint density at radius 2 is 1.52 bits per heavy atom. The van der Waals surface area contributed by atoms with Gasteiger partial charge in [-0.3, -0.25) is 10.1 Å². The van der Waals surface area contributed by atoms with E-state index in [9.17, 15) is 9.59 Å². The molecule has 0 radical (unpaired) electrons. The maximum atomic E-state index is 12.2. The second-order valence-corrected chi connectivity index (χ2v) is 6.61. The van der Waals surface area contributed by atoms with Crippen LogP contribution in [-0.2, 0) is 4.79 Å². The van der Waals surface area contributed by atoms with E-state index in [-0.39, 0.29) is 23.5 Å². The fraction of sp³-hybridized carbons (Fsp3) is 0.882. The molecule has 1 heterocycles. The number of hydrogen-bond donors (Lipinski definition) is 1. The normalized spacial score (nSPS) is 21.5. The molecular formula is C17H32N2O2. The van der Waals surface area contributed by atoms with Crippen LogP contribution < -0.4 is 5.32 Å². The molecule has 1 aliphatic heterocycles. The molecule has 2 atom stereocenters. The third-order valence-corrected chi connectivity index (χ3v) is 4.69. The second kappa shape index (κ2) is 8.40. The molecular weight excluding hydrogens is 264 g/mol. The summed E-state index contributed by atoms with van der Waals surface area (Å²) in [5, 5.41) is 2.46. The van der Waals surface area contributed by atoms with Crippen LogP contribution in [0.2, 0.25) is 0 Å². The van der Waals surface area contributed by atoms with Crippen molar-refractivity contribution >= 4 is 11.9 Å². The summed E-state index contributed by atoms with van der Waals surface area (Å²) in [6.45, 7) is 8.38. The predicted molar refractivity (Wildman–Crippen MR) is 86.1 cm³/mol. The summed E-state index contributed by atoms with van der Waals surface area (Å²) in [6, 6.07) is -0.544. The van der Waals surface area contributed by atoms with Gasteiger partial charge in [-0.1, -0.05) is 58.8 Å². The van der Waals surface area contributed by atoms with Crippen LogP contribution in [0.1, 0.15) is 85.5 Å². The van der Waals surface area contributed by atoms with Crippen LogP contribution in [0.5, 0.6) is 0 Å². The van der Waals surface area contributed by atoms with Gasteiger partial charge in [0.1, 0.15) is 6.04 Å². The molecule has 0 bridgehead atoms. The Labute approximate surface area is 129 Å². The Bertz CT molecular complexity index is 357. The number of unbranched alkanes of at least 4 members (excludes halogenated alkanes) is 5. The SMILES string of the molecule is CCCCCCC(C)(CCCCC)N1C(=O)NC(=O)[C@H]1C. The summed E-state index contributed by atoms with van der Waals surface area (Å²) in [7, 11) is 0. The lowest BCUT2D eigenvalue weighted by atomic mass is 9.86. The largest absolute Gasteiger partial charge is 0.325 e. The zero-order chi connectivity index (χ0) is 15.9. The van der Waals surface area contributed by atoms with Crippen LogP contribution in [0.15, 0.2) is 0 Å². The molecule has 4 nitrogen and oxygen atoms in total. The zero-order valence-electron chi connectivity index (χ0n) is 14.2. The number of amides is 3. The lowest BCUT2D eigenvalue weighted by Gasteiger charge is -2.40. The molecule has 122 valence electrons. The van der Waals surface area contributed by atoms with E-state index in [1.807, 2.05) is 6.92 Å². The summed E-state index contributed by atoms with van der Waals surface area (Å²) in [6.07, 6.45) is 10.2. The number of rotatable bonds is 10. The van der Waals surface area contributed by atoms with Gasteiger partial charge < -0.3 is 4.90 Å². The van der Waals surface area contributed by atoms with Crippen LogP contribution in [0, 0.1) is 0 Å². The first kappa shape index (κ1) is 18.0. The van der Waals surface area contributed by atoms with E-state index in [1.165, 1.54) is 32.1 Å². The van der Waals surface area contributed by atoms with Crippen molar-refractivity contribution in [3.05, 3.63) is 0 Å². The Morgan fingerprint density at radius 1 is 1.00 bits per heavy atom. The van der Waals surface area contributed by atoms with Gasteiger partial charge in [-0.05, 0) is 26.7 Å². The summed E-state index contributed by atoms with van der Waals surface area (Å²) >= 11 is 0. The van der Waals surface area contributed by atoms with Gasteiger partial charge in [0.2, 0.25) is 0 Å². The Kier molecular flexibility index (Phi) is 7.20. The smallest absolute Gasteiger partial charge is 0.307 e. The summed E-state index contributed by atoms with van der Waals surface area (Å²) in [4.78, 5) is 25.7. The highest BCUT2D eigenvalue weighted by atomic mass is 16.2. The van der Waals surface area contributed by atoms with E-state index < -0.39 is 0 Å². The summed E-state index contributed by atoms with van der Waals surface area (Å²) in [5.74, 6) is -0.157. The monoisotopic (exact) mass is 296 g/mol. The summed E-state index contributed by atoms with van der Waals surface area (Å²) < 4.78 is 0. The highest BCUT2D eigenvalue weighted by Gasteiger charge is 2.45. The van der Waals surface area contributed by atoms with Crippen molar-refractivity contribution in [2.24, 2.45) is 0 Å². The molecule has 0 saturated carbocycles. The Hall–Kier alpha value is -1.06. The van der Waals surface area contributed by atoms with Gasteiger partial charge >= 0.3 is 6.03 Å². The topological polar surface area (TPSA) is 49.4 Å². The number of imide groups is 1. The molecule has 0 aromatic carbocycles. The summed E-state index contributed by atoms with van der Waals surface area (Å²) in [5.41, 5.74) is -0.196. The van der Waals surface area contributed by atoms with Crippen LogP contribution in [-0.4, -0.2) is 28.4 Å². The van der Waals surface area contributed by atoms with Gasteiger partial charge in [0.15, 0.2) is 0 Å². The first-order valence-corrected chi connectivity index (χ1v) is 8.60. The number of urea groups is 1. The zero-order valence-corrected chi connectivity index (χ0v) is 14.2. The lowest BCUT2D eigenvalue weighted by Crippen LogP contribution is -2.51. The van der Waals surface area contributed by atoms with Gasteiger partial charge in [-0.15, -0.1) is 0 Å². The van der Waals surface area contributed by atoms with Gasteiger partial charge in [-0.25, -0.2) is 4.79 Å². The number of hydrogen-bond acceptors (Lipinski definition) is 2. The molecule has 1 fully saturated rings. The predicted octanol–water partition coefficient (Wildman–Crippen LogP) is 4.24. The minimum atomic E-state index is -0.338. The van der Waals surface area contributed by atoms with Crippen LogP contribution in [0.4, 0.5) is 4.79 Å². The molecule has 1 saturated heterocycles. The first-order valence-electron chi connectivity index (χ1n) is 8.60. The van der Waals surface area contributed by atoms with Crippen molar-refractivity contribution in [3.8, 4) is 0 Å². The van der Waals surface area contributed by atoms with Crippen molar-refractivity contribution < 1.29 is 9.59 Å². The van der Waals surface area contributed by atoms with Crippen molar-refractivity contribution in [1.82, 2.24) is 10.2 Å². The highest BCUT2D eigenvalue weighted by molar-refractivity contribution is 6.04. The van der Waals surface area contributed by atoms with Crippen molar-refractivity contribution in [3.63, 3.8) is 0 Å². The third kappa shape index (κ3) is 4.72. The van der Waals surface area contributed by atoms with E-state index in [0.29, 0.717) is 0 Å². The van der Waals surface area contributed by atoms with E-state index in [1.54, 1.807) is 4.90 Å². The molecule has 4 heteroatoms. The van der Waals surface area contributed by atoms with Crippen LogP contribution in [0.3, 0.4) is 0 Å². The molecule has 0 aromatic heterocycles. The Balaban J connectivity index is 2.74. The molecule has 1 unspecified atom stereocenters. The molecule has 0 aromatic rings. The standard InChI is InChI=1S/C17H32N2O2/c1-5-7-9-11-13-17(4,12-10-8-6-2)19-14(3)15(20)18-16(19)21/h14H,5-13H2,1-4H3,(H,18,20,21)/t14-,17?/m1/s1. The minimum Gasteiger partial charge on any atom is -0.307 e. The molecule has 1 N–H and O–H groups in total. The maximum absolute atomic E-state index is 12.2. The molecule has 3 amide bonds. The second-order valence-electron chi connectivity index (χ2n) is 6.61. The first-order chi connectivity index (χ1) is 9.96. The van der Waals surface area contributed by atoms with E-state index >= 15 is 0 Å². The Morgan fingerprint density at radius 3 is 2.00 bits per heavy atom. The lowest BCUT2D eigenvalue weighted by molar-refractivity contribution is -0.122. The van der Waals surface area contributed by atoms with Crippen LogP contribution in [0.25, 0.3) is 0 Å². The van der Waals surface area contributed by atoms with Gasteiger partial charge in [0, 0.05) is 5.54 Å². The number of carbonyl (C=O) groups is 2. The molecule has 0 spiro atoms. The minimum absolute atomic E-state index is 0.157. The van der Waals surface area contributed by atoms with E-state index in [2.05, 4.69) is 26.1 Å².